The molecule has 0 radical (unpaired) electrons. The van der Waals surface area contributed by atoms with E-state index >= 15 is 0 Å². The molecule has 1 saturated heterocycles. The normalized spacial score (nSPS) is 24.1. The number of guanidine groups is 1. The molecule has 2 fully saturated rings. The molecule has 1 saturated carbocycles. The molecule has 2 N–H and O–H groups in total. The number of hydrogen-bond donors (Lipinski definition) is 2. The summed E-state index contributed by atoms with van der Waals surface area (Å²) in [7, 11) is 3.62. The molecule has 168 valence electrons. The van der Waals surface area contributed by atoms with Gasteiger partial charge in [0.2, 0.25) is 0 Å². The molecule has 0 aromatic carbocycles. The van der Waals surface area contributed by atoms with Crippen molar-refractivity contribution in [3.05, 3.63) is 23.9 Å². The van der Waals surface area contributed by atoms with E-state index in [9.17, 15) is 0 Å². The van der Waals surface area contributed by atoms with Crippen molar-refractivity contribution in [1.29, 1.82) is 0 Å². The summed E-state index contributed by atoms with van der Waals surface area (Å²) in [6.07, 6.45) is 8.70. The maximum atomic E-state index is 5.82. The van der Waals surface area contributed by atoms with Gasteiger partial charge >= 0.3 is 0 Å². The smallest absolute Gasteiger partial charge is 0.191 e. The molecule has 1 aromatic heterocycles. The van der Waals surface area contributed by atoms with Gasteiger partial charge in [0.15, 0.2) is 5.96 Å². The van der Waals surface area contributed by atoms with Gasteiger partial charge in [0.05, 0.1) is 12.2 Å². The minimum atomic E-state index is 0.235. The number of ether oxygens (including phenoxy) is 2. The maximum Gasteiger partial charge on any atom is 0.191 e. The summed E-state index contributed by atoms with van der Waals surface area (Å²) < 4.78 is 11.2. The zero-order chi connectivity index (χ0) is 21.4. The van der Waals surface area contributed by atoms with Crippen LogP contribution in [0.3, 0.4) is 0 Å². The average Bonchev–Trinajstić information content (AvgIpc) is 3.21. The van der Waals surface area contributed by atoms with Gasteiger partial charge in [-0.1, -0.05) is 18.9 Å². The second-order valence-electron chi connectivity index (χ2n) is 8.92. The van der Waals surface area contributed by atoms with E-state index in [1.165, 1.54) is 25.7 Å². The van der Waals surface area contributed by atoms with Crippen LogP contribution in [0.5, 0.6) is 0 Å². The number of rotatable bonds is 8. The first-order valence-electron chi connectivity index (χ1n) is 11.3. The number of nitrogens with zero attached hydrogens (tertiary/aromatic N) is 3. The maximum absolute atomic E-state index is 5.82. The molecule has 3 rings (SSSR count). The van der Waals surface area contributed by atoms with Gasteiger partial charge in [0, 0.05) is 53.1 Å². The Morgan fingerprint density at radius 2 is 1.97 bits per heavy atom. The van der Waals surface area contributed by atoms with Gasteiger partial charge < -0.3 is 25.0 Å². The number of methoxy groups -OCH3 is 1. The zero-order valence-electron chi connectivity index (χ0n) is 19.1. The Morgan fingerprint density at radius 1 is 1.23 bits per heavy atom. The highest BCUT2D eigenvalue weighted by molar-refractivity contribution is 5.79. The summed E-state index contributed by atoms with van der Waals surface area (Å²) in [6, 6.07) is 4.25. The molecule has 7 nitrogen and oxygen atoms in total. The molecular formula is C23H39N5O2. The first-order chi connectivity index (χ1) is 14.5. The fourth-order valence-corrected chi connectivity index (χ4v) is 4.71. The molecule has 1 aromatic rings. The monoisotopic (exact) mass is 417 g/mol. The van der Waals surface area contributed by atoms with Crippen molar-refractivity contribution in [1.82, 2.24) is 15.6 Å². The van der Waals surface area contributed by atoms with Crippen LogP contribution in [0.2, 0.25) is 0 Å². The number of hydrogen-bond acceptors (Lipinski definition) is 5. The van der Waals surface area contributed by atoms with E-state index in [-0.39, 0.29) is 12.2 Å². The summed E-state index contributed by atoms with van der Waals surface area (Å²) in [5.41, 5.74) is 1.48. The summed E-state index contributed by atoms with van der Waals surface area (Å²) >= 11 is 0. The number of pyridine rings is 1. The van der Waals surface area contributed by atoms with E-state index in [0.717, 1.165) is 50.0 Å². The number of anilines is 1. The largest absolute Gasteiger partial charge is 0.385 e. The fraction of sp³-hybridized carbons (Fsp3) is 0.739. The minimum Gasteiger partial charge on any atom is -0.385 e. The highest BCUT2D eigenvalue weighted by atomic mass is 16.5. The third-order valence-electron chi connectivity index (χ3n) is 6.37. The van der Waals surface area contributed by atoms with Crippen LogP contribution in [-0.2, 0) is 16.0 Å². The summed E-state index contributed by atoms with van der Waals surface area (Å²) in [4.78, 5) is 11.4. The molecule has 2 heterocycles. The SMILES string of the molecule is CN=C(NCc1ccc(N2CC(C)OC(C)C2)nc1)NCC1(CCOC)CCCC1. The lowest BCUT2D eigenvalue weighted by Crippen LogP contribution is -2.45. The molecule has 1 aliphatic heterocycles. The standard InChI is InChI=1S/C23H39N5O2/c1-18-15-28(16-19(2)30-18)21-8-7-20(13-25-21)14-26-22(24-3)27-17-23(11-12-29-4)9-5-6-10-23/h7-8,13,18-19H,5-6,9-12,14-17H2,1-4H3,(H2,24,26,27). The molecule has 2 unspecified atom stereocenters. The van der Waals surface area contributed by atoms with Crippen molar-refractivity contribution in [3.63, 3.8) is 0 Å². The van der Waals surface area contributed by atoms with Crippen molar-refractivity contribution in [3.8, 4) is 0 Å². The number of morpholine rings is 1. The predicted octanol–water partition coefficient (Wildman–Crippen LogP) is 2.96. The Bertz CT molecular complexity index is 663. The Morgan fingerprint density at radius 3 is 2.57 bits per heavy atom. The molecule has 0 bridgehead atoms. The number of aromatic nitrogens is 1. The molecule has 2 aliphatic rings. The number of aliphatic imine (C=N–C) groups is 1. The lowest BCUT2D eigenvalue weighted by molar-refractivity contribution is -0.00545. The Hall–Kier alpha value is -1.86. The number of nitrogens with one attached hydrogen (secondary N) is 2. The van der Waals surface area contributed by atoms with Crippen molar-refractivity contribution in [2.45, 2.75) is 64.7 Å². The Labute approximate surface area is 181 Å². The molecule has 0 amide bonds. The van der Waals surface area contributed by atoms with Gasteiger partial charge in [0.25, 0.3) is 0 Å². The van der Waals surface area contributed by atoms with Crippen LogP contribution in [0.15, 0.2) is 23.3 Å². The highest BCUT2D eigenvalue weighted by Gasteiger charge is 2.33. The van der Waals surface area contributed by atoms with Crippen LogP contribution in [0.4, 0.5) is 5.82 Å². The van der Waals surface area contributed by atoms with Crippen LogP contribution in [0, 0.1) is 5.41 Å². The Kier molecular flexibility index (Phi) is 8.33. The predicted molar refractivity (Wildman–Crippen MR) is 122 cm³/mol. The molecule has 30 heavy (non-hydrogen) atoms. The van der Waals surface area contributed by atoms with Crippen molar-refractivity contribution >= 4 is 11.8 Å². The van der Waals surface area contributed by atoms with Crippen LogP contribution in [-0.4, -0.2) is 63.6 Å². The van der Waals surface area contributed by atoms with Gasteiger partial charge in [-0.2, -0.15) is 0 Å². The van der Waals surface area contributed by atoms with Crippen LogP contribution in [0.25, 0.3) is 0 Å². The van der Waals surface area contributed by atoms with E-state index in [0.29, 0.717) is 12.0 Å². The molecule has 2 atom stereocenters. The molecule has 0 spiro atoms. The van der Waals surface area contributed by atoms with Gasteiger partial charge in [-0.15, -0.1) is 0 Å². The van der Waals surface area contributed by atoms with E-state index < -0.39 is 0 Å². The first-order valence-corrected chi connectivity index (χ1v) is 11.3. The Balaban J connectivity index is 1.49. The quantitative estimate of drug-likeness (QED) is 0.501. The van der Waals surface area contributed by atoms with Gasteiger partial charge in [-0.05, 0) is 50.2 Å². The van der Waals surface area contributed by atoms with Crippen LogP contribution in [0.1, 0.15) is 51.5 Å². The summed E-state index contributed by atoms with van der Waals surface area (Å²) in [5.74, 6) is 1.86. The minimum absolute atomic E-state index is 0.235. The van der Waals surface area contributed by atoms with E-state index in [1.807, 2.05) is 13.2 Å². The molecule has 7 heteroatoms. The fourth-order valence-electron chi connectivity index (χ4n) is 4.71. The van der Waals surface area contributed by atoms with Gasteiger partial charge in [-0.25, -0.2) is 4.98 Å². The van der Waals surface area contributed by atoms with Crippen molar-refractivity contribution in [2.24, 2.45) is 10.4 Å². The van der Waals surface area contributed by atoms with Gasteiger partial charge in [-0.3, -0.25) is 4.99 Å². The third-order valence-corrected chi connectivity index (χ3v) is 6.37. The van der Waals surface area contributed by atoms with Gasteiger partial charge in [0.1, 0.15) is 5.82 Å². The van der Waals surface area contributed by atoms with E-state index in [2.05, 4.69) is 51.5 Å². The second kappa shape index (κ2) is 11.0. The first kappa shape index (κ1) is 22.8. The van der Waals surface area contributed by atoms with Crippen LogP contribution < -0.4 is 15.5 Å². The third kappa shape index (κ3) is 6.32. The lowest BCUT2D eigenvalue weighted by atomic mass is 9.83. The van der Waals surface area contributed by atoms with Crippen LogP contribution >= 0.6 is 0 Å². The molecular weight excluding hydrogens is 378 g/mol. The zero-order valence-corrected chi connectivity index (χ0v) is 19.1. The van der Waals surface area contributed by atoms with E-state index in [4.69, 9.17) is 9.47 Å². The average molecular weight is 418 g/mol. The highest BCUT2D eigenvalue weighted by Crippen LogP contribution is 2.40. The molecule has 1 aliphatic carbocycles. The summed E-state index contributed by atoms with van der Waals surface area (Å²) in [5, 5.41) is 6.98. The van der Waals surface area contributed by atoms with Crippen molar-refractivity contribution < 1.29 is 9.47 Å². The topological polar surface area (TPSA) is 71.0 Å². The van der Waals surface area contributed by atoms with Crippen molar-refractivity contribution in [2.75, 3.05) is 45.3 Å². The lowest BCUT2D eigenvalue weighted by Gasteiger charge is -2.36. The van der Waals surface area contributed by atoms with E-state index in [1.54, 1.807) is 7.11 Å². The summed E-state index contributed by atoms with van der Waals surface area (Å²) in [6.45, 7) is 8.47. The second-order valence-corrected chi connectivity index (χ2v) is 8.92.